The van der Waals surface area contributed by atoms with E-state index < -0.39 is 60.2 Å². The zero-order chi connectivity index (χ0) is 24.3. The zero-order valence-corrected chi connectivity index (χ0v) is 18.5. The third-order valence-corrected chi connectivity index (χ3v) is 4.96. The third-order valence-electron chi connectivity index (χ3n) is 4.32. The van der Waals surface area contributed by atoms with Crippen LogP contribution in [-0.2, 0) is 30.4 Å². The van der Waals surface area contributed by atoms with Crippen molar-refractivity contribution in [1.82, 2.24) is 25.9 Å². The number of carbonyl (C=O) groups is 5. The molecule has 0 fully saturated rings. The van der Waals surface area contributed by atoms with Crippen LogP contribution in [0.4, 0.5) is 0 Å². The Kier molecular flexibility index (Phi) is 11.2. The van der Waals surface area contributed by atoms with Gasteiger partial charge in [0.2, 0.25) is 17.7 Å². The van der Waals surface area contributed by atoms with Crippen molar-refractivity contribution in [3.05, 3.63) is 18.2 Å². The predicted octanol–water partition coefficient (Wildman–Crippen LogP) is -1.93. The number of imidazole rings is 1. The van der Waals surface area contributed by atoms with E-state index >= 15 is 0 Å². The number of carbonyl (C=O) groups excluding carboxylic acids is 3. The molecule has 1 heterocycles. The molecule has 0 aliphatic rings. The van der Waals surface area contributed by atoms with Crippen LogP contribution in [0, 0.1) is 0 Å². The second-order valence-electron chi connectivity index (χ2n) is 6.96. The van der Waals surface area contributed by atoms with Gasteiger partial charge >= 0.3 is 11.9 Å². The summed E-state index contributed by atoms with van der Waals surface area (Å²) in [5.41, 5.74) is 6.48. The Morgan fingerprint density at radius 1 is 1.09 bits per heavy atom. The van der Waals surface area contributed by atoms with Crippen LogP contribution in [0.5, 0.6) is 0 Å². The highest BCUT2D eigenvalue weighted by Crippen LogP contribution is 2.04. The van der Waals surface area contributed by atoms with Gasteiger partial charge in [-0.3, -0.25) is 19.2 Å². The van der Waals surface area contributed by atoms with E-state index in [9.17, 15) is 24.0 Å². The second kappa shape index (κ2) is 13.3. The number of H-pyrrole nitrogens is 1. The Morgan fingerprint density at radius 2 is 1.75 bits per heavy atom. The molecule has 8 N–H and O–H groups in total. The maximum atomic E-state index is 12.5. The van der Waals surface area contributed by atoms with Gasteiger partial charge in [-0.15, -0.1) is 0 Å². The largest absolute Gasteiger partial charge is 0.481 e. The first-order chi connectivity index (χ1) is 15.0. The number of amides is 3. The van der Waals surface area contributed by atoms with Crippen molar-refractivity contribution < 1.29 is 34.2 Å². The minimum atomic E-state index is -1.65. The van der Waals surface area contributed by atoms with Gasteiger partial charge in [-0.1, -0.05) is 0 Å². The molecule has 178 valence electrons. The Balaban J connectivity index is 2.72. The number of hydrogen-bond donors (Lipinski definition) is 7. The number of hydrogen-bond acceptors (Lipinski definition) is 8. The number of carboxylic acids is 2. The van der Waals surface area contributed by atoms with Crippen LogP contribution >= 0.6 is 11.8 Å². The van der Waals surface area contributed by atoms with Crippen molar-refractivity contribution in [2.75, 3.05) is 12.0 Å². The number of rotatable bonds is 14. The average Bonchev–Trinajstić information content (AvgIpc) is 3.22. The van der Waals surface area contributed by atoms with Crippen molar-refractivity contribution in [1.29, 1.82) is 0 Å². The molecule has 0 aromatic carbocycles. The summed E-state index contributed by atoms with van der Waals surface area (Å²) in [5, 5.41) is 25.0. The number of aliphatic carboxylic acids is 2. The Morgan fingerprint density at radius 3 is 2.28 bits per heavy atom. The average molecular weight is 473 g/mol. The summed E-state index contributed by atoms with van der Waals surface area (Å²) in [7, 11) is 0. The summed E-state index contributed by atoms with van der Waals surface area (Å²) in [4.78, 5) is 65.9. The van der Waals surface area contributed by atoms with E-state index in [1.807, 2.05) is 0 Å². The van der Waals surface area contributed by atoms with Crippen molar-refractivity contribution in [3.63, 3.8) is 0 Å². The van der Waals surface area contributed by atoms with Gasteiger partial charge in [-0.05, 0) is 25.4 Å². The number of nitrogens with one attached hydrogen (secondary N) is 4. The van der Waals surface area contributed by atoms with Crippen LogP contribution in [0.2, 0.25) is 0 Å². The molecule has 3 amide bonds. The molecule has 0 bridgehead atoms. The van der Waals surface area contributed by atoms with Crippen LogP contribution < -0.4 is 21.7 Å². The molecule has 0 saturated heterocycles. The normalized spacial score (nSPS) is 14.5. The third kappa shape index (κ3) is 9.34. The molecule has 4 atom stereocenters. The Labute approximate surface area is 188 Å². The molecule has 13 nitrogen and oxygen atoms in total. The lowest BCUT2D eigenvalue weighted by molar-refractivity contribution is -0.147. The quantitative estimate of drug-likeness (QED) is 0.159. The van der Waals surface area contributed by atoms with Crippen LogP contribution in [0.15, 0.2) is 12.5 Å². The van der Waals surface area contributed by atoms with Crippen LogP contribution in [0.3, 0.4) is 0 Å². The molecule has 0 saturated carbocycles. The van der Waals surface area contributed by atoms with Crippen LogP contribution in [-0.4, -0.2) is 86.0 Å². The fourth-order valence-electron chi connectivity index (χ4n) is 2.56. The fraction of sp³-hybridized carbons (Fsp3) is 0.556. The van der Waals surface area contributed by atoms with Gasteiger partial charge < -0.3 is 36.9 Å². The first-order valence-electron chi connectivity index (χ1n) is 9.62. The molecule has 1 aromatic heterocycles. The SMILES string of the molecule is CSCCC(NC(=O)C(C)NC(=O)C(N)Cc1cnc[nH]1)C(=O)NC(CC(=O)O)C(=O)O. The topological polar surface area (TPSA) is 217 Å². The maximum Gasteiger partial charge on any atom is 0.326 e. The molecule has 1 rings (SSSR count). The molecule has 0 radical (unpaired) electrons. The molecule has 1 aromatic rings. The van der Waals surface area contributed by atoms with E-state index in [0.717, 1.165) is 0 Å². The van der Waals surface area contributed by atoms with Gasteiger partial charge in [-0.25, -0.2) is 9.78 Å². The highest BCUT2D eigenvalue weighted by Gasteiger charge is 2.29. The van der Waals surface area contributed by atoms with E-state index in [1.54, 1.807) is 6.26 Å². The number of aromatic nitrogens is 2. The lowest BCUT2D eigenvalue weighted by Gasteiger charge is -2.23. The van der Waals surface area contributed by atoms with Gasteiger partial charge in [0.15, 0.2) is 0 Å². The number of nitrogens with zero attached hydrogens (tertiary/aromatic N) is 1. The van der Waals surface area contributed by atoms with E-state index in [2.05, 4.69) is 25.9 Å². The van der Waals surface area contributed by atoms with Crippen molar-refractivity contribution in [2.45, 2.75) is 50.4 Å². The monoisotopic (exact) mass is 472 g/mol. The van der Waals surface area contributed by atoms with Gasteiger partial charge in [0, 0.05) is 18.3 Å². The van der Waals surface area contributed by atoms with Crippen LogP contribution in [0.1, 0.15) is 25.5 Å². The fourth-order valence-corrected chi connectivity index (χ4v) is 3.03. The summed E-state index contributed by atoms with van der Waals surface area (Å²) >= 11 is 1.40. The standard InChI is InChI=1S/C18H28N6O7S/c1-9(22-16(28)11(19)5-10-7-20-8-21-10)15(27)23-12(3-4-32-2)17(29)24-13(18(30)31)6-14(25)26/h7-9,11-13H,3-6,19H2,1-2H3,(H,20,21)(H,22,28)(H,23,27)(H,24,29)(H,25,26)(H,30,31). The first-order valence-corrected chi connectivity index (χ1v) is 11.0. The number of nitrogens with two attached hydrogens (primary N) is 1. The second-order valence-corrected chi connectivity index (χ2v) is 7.94. The van der Waals surface area contributed by atoms with Crippen molar-refractivity contribution in [2.24, 2.45) is 5.73 Å². The van der Waals surface area contributed by atoms with E-state index in [-0.39, 0.29) is 12.8 Å². The highest BCUT2D eigenvalue weighted by molar-refractivity contribution is 7.98. The number of aromatic amines is 1. The highest BCUT2D eigenvalue weighted by atomic mass is 32.2. The van der Waals surface area contributed by atoms with Crippen LogP contribution in [0.25, 0.3) is 0 Å². The van der Waals surface area contributed by atoms with Crippen molar-refractivity contribution in [3.8, 4) is 0 Å². The molecule has 0 aliphatic heterocycles. The summed E-state index contributed by atoms with van der Waals surface area (Å²) in [6, 6.07) is -4.74. The molecule has 32 heavy (non-hydrogen) atoms. The minimum Gasteiger partial charge on any atom is -0.481 e. The maximum absolute atomic E-state index is 12.5. The van der Waals surface area contributed by atoms with Gasteiger partial charge in [-0.2, -0.15) is 11.8 Å². The van der Waals surface area contributed by atoms with Crippen molar-refractivity contribution >= 4 is 41.4 Å². The van der Waals surface area contributed by atoms with E-state index in [0.29, 0.717) is 11.4 Å². The molecular weight excluding hydrogens is 444 g/mol. The Hall–Kier alpha value is -3.13. The summed E-state index contributed by atoms with van der Waals surface area (Å²) in [6.45, 7) is 1.41. The predicted molar refractivity (Wildman–Crippen MR) is 115 cm³/mol. The summed E-state index contributed by atoms with van der Waals surface area (Å²) in [6.07, 6.45) is 4.28. The number of carboxylic acid groups (broad SMARTS) is 2. The summed E-state index contributed by atoms with van der Waals surface area (Å²) in [5.74, 6) is -4.55. The molecule has 14 heteroatoms. The van der Waals surface area contributed by atoms with E-state index in [4.69, 9.17) is 15.9 Å². The molecular formula is C18H28N6O7S. The van der Waals surface area contributed by atoms with Gasteiger partial charge in [0.1, 0.15) is 18.1 Å². The number of thioether (sulfide) groups is 1. The lowest BCUT2D eigenvalue weighted by Crippen LogP contribution is -2.56. The van der Waals surface area contributed by atoms with Gasteiger partial charge in [0.05, 0.1) is 18.8 Å². The lowest BCUT2D eigenvalue weighted by atomic mass is 10.1. The molecule has 0 spiro atoms. The van der Waals surface area contributed by atoms with E-state index in [1.165, 1.54) is 31.2 Å². The zero-order valence-electron chi connectivity index (χ0n) is 17.7. The first kappa shape index (κ1) is 26.9. The Bertz CT molecular complexity index is 804. The van der Waals surface area contributed by atoms with Gasteiger partial charge in [0.25, 0.3) is 0 Å². The minimum absolute atomic E-state index is 0.165. The molecule has 0 aliphatic carbocycles. The summed E-state index contributed by atoms with van der Waals surface area (Å²) < 4.78 is 0. The molecule has 4 unspecified atom stereocenters. The smallest absolute Gasteiger partial charge is 0.326 e.